The molecule has 0 amide bonds. The fourth-order valence-corrected chi connectivity index (χ4v) is 6.69. The normalized spacial score (nSPS) is 15.2. The van der Waals surface area contributed by atoms with Crippen molar-refractivity contribution in [3.8, 4) is 0 Å². The van der Waals surface area contributed by atoms with E-state index in [9.17, 15) is 4.21 Å². The average molecular weight is 372 g/mol. The third kappa shape index (κ3) is 5.49. The second-order valence-corrected chi connectivity index (χ2v) is 14.5. The van der Waals surface area contributed by atoms with E-state index in [1.54, 1.807) is 0 Å². The van der Waals surface area contributed by atoms with Crippen LogP contribution in [0.2, 0.25) is 13.1 Å². The second kappa shape index (κ2) is 8.26. The lowest BCUT2D eigenvalue weighted by Gasteiger charge is -2.33. The number of benzene rings is 2. The van der Waals surface area contributed by atoms with E-state index in [4.69, 9.17) is 0 Å². The van der Waals surface area contributed by atoms with Crippen LogP contribution in [0.25, 0.3) is 6.08 Å². The van der Waals surface area contributed by atoms with Gasteiger partial charge in [-0.25, -0.2) is 8.93 Å². The minimum Gasteiger partial charge on any atom is -0.242 e. The minimum absolute atomic E-state index is 0.0789. The van der Waals surface area contributed by atoms with Crippen LogP contribution in [0.3, 0.4) is 0 Å². The smallest absolute Gasteiger partial charge is 0.104 e. The first kappa shape index (κ1) is 19.8. The zero-order valence-corrected chi connectivity index (χ0v) is 17.6. The maximum atomic E-state index is 12.8. The van der Waals surface area contributed by atoms with Gasteiger partial charge in [0.15, 0.2) is 0 Å². The van der Waals surface area contributed by atoms with Crippen molar-refractivity contribution in [2.45, 2.75) is 44.3 Å². The highest BCUT2D eigenvalue weighted by molar-refractivity contribution is 7.84. The maximum absolute atomic E-state index is 12.8. The van der Waals surface area contributed by atoms with Gasteiger partial charge in [-0.3, -0.25) is 0 Å². The summed E-state index contributed by atoms with van der Waals surface area (Å²) in [6, 6.07) is 20.9. The molecule has 2 rings (SSSR count). The number of nitrogens with one attached hydrogen (secondary N) is 1. The van der Waals surface area contributed by atoms with Crippen LogP contribution in [0.4, 0.5) is 0 Å². The van der Waals surface area contributed by atoms with Crippen molar-refractivity contribution in [2.24, 2.45) is 0 Å². The molecule has 2 aromatic carbocycles. The first-order valence-corrected chi connectivity index (χ1v) is 12.9. The molecule has 2 aromatic rings. The fourth-order valence-electron chi connectivity index (χ4n) is 2.54. The highest BCUT2D eigenvalue weighted by atomic mass is 32.2. The molecule has 1 N–H and O–H groups in total. The summed E-state index contributed by atoms with van der Waals surface area (Å²) in [6.45, 7) is 10.7. The van der Waals surface area contributed by atoms with E-state index < -0.39 is 19.1 Å². The molecular weight excluding hydrogens is 342 g/mol. The topological polar surface area (TPSA) is 29.1 Å². The number of rotatable bonds is 6. The largest absolute Gasteiger partial charge is 0.242 e. The van der Waals surface area contributed by atoms with Crippen LogP contribution in [0, 0.1) is 0 Å². The van der Waals surface area contributed by atoms with Gasteiger partial charge >= 0.3 is 0 Å². The third-order valence-corrected chi connectivity index (χ3v) is 9.87. The van der Waals surface area contributed by atoms with Crippen molar-refractivity contribution in [3.63, 3.8) is 0 Å². The molecule has 0 spiro atoms. The highest BCUT2D eigenvalue weighted by Crippen LogP contribution is 2.17. The first-order valence-electron chi connectivity index (χ1n) is 8.68. The SMILES string of the molecule is CC(C)(C)[S@@](=O)N[C@@H](/C=C/c1ccccc1)[Si](C)(C)c1ccccc1. The molecule has 4 heteroatoms. The van der Waals surface area contributed by atoms with Gasteiger partial charge in [0, 0.05) is 5.67 Å². The van der Waals surface area contributed by atoms with Gasteiger partial charge in [0.1, 0.15) is 8.07 Å². The van der Waals surface area contributed by atoms with Gasteiger partial charge in [-0.15, -0.1) is 0 Å². The lowest BCUT2D eigenvalue weighted by Crippen LogP contribution is -2.59. The molecule has 25 heavy (non-hydrogen) atoms. The summed E-state index contributed by atoms with van der Waals surface area (Å²) in [5.74, 6) is 0. The molecular formula is C21H29NOSSi. The van der Waals surface area contributed by atoms with Gasteiger partial charge in [-0.05, 0) is 26.3 Å². The van der Waals surface area contributed by atoms with E-state index in [1.165, 1.54) is 5.19 Å². The van der Waals surface area contributed by atoms with Gasteiger partial charge in [0.05, 0.1) is 15.7 Å². The van der Waals surface area contributed by atoms with Crippen molar-refractivity contribution in [2.75, 3.05) is 0 Å². The van der Waals surface area contributed by atoms with Gasteiger partial charge < -0.3 is 0 Å². The first-order chi connectivity index (χ1) is 11.7. The molecule has 0 saturated heterocycles. The Labute approximate surface area is 156 Å². The highest BCUT2D eigenvalue weighted by Gasteiger charge is 2.35. The standard InChI is InChI=1S/C21H29NOSSi/c1-21(2,3)24(23)22-20(17-16-18-12-8-6-9-13-18)25(4,5)19-14-10-7-11-15-19/h6-17,20,22H,1-5H3/b17-16+/t20-,24-/m1/s1. The van der Waals surface area contributed by atoms with Crippen LogP contribution < -0.4 is 9.91 Å². The monoisotopic (exact) mass is 371 g/mol. The van der Waals surface area contributed by atoms with Gasteiger partial charge in [-0.2, -0.15) is 0 Å². The van der Waals surface area contributed by atoms with E-state index in [0.717, 1.165) is 5.56 Å². The predicted molar refractivity (Wildman–Crippen MR) is 114 cm³/mol. The molecule has 0 bridgehead atoms. The van der Waals surface area contributed by atoms with Gasteiger partial charge in [-0.1, -0.05) is 91.1 Å². The average Bonchev–Trinajstić information content (AvgIpc) is 2.59. The molecule has 0 unspecified atom stereocenters. The van der Waals surface area contributed by atoms with E-state index in [2.05, 4.69) is 66.4 Å². The molecule has 2 nitrogen and oxygen atoms in total. The van der Waals surface area contributed by atoms with Crippen LogP contribution in [0.5, 0.6) is 0 Å². The molecule has 0 aliphatic carbocycles. The van der Waals surface area contributed by atoms with Crippen molar-refractivity contribution in [1.82, 2.24) is 4.72 Å². The second-order valence-electron chi connectivity index (χ2n) is 7.83. The predicted octanol–water partition coefficient (Wildman–Crippen LogP) is 4.28. The van der Waals surface area contributed by atoms with E-state index >= 15 is 0 Å². The quantitative estimate of drug-likeness (QED) is 0.755. The molecule has 0 aliphatic heterocycles. The van der Waals surface area contributed by atoms with Crippen LogP contribution in [-0.4, -0.2) is 22.7 Å². The number of hydrogen-bond donors (Lipinski definition) is 1. The summed E-state index contributed by atoms with van der Waals surface area (Å²) < 4.78 is 15.9. The zero-order chi connectivity index (χ0) is 18.5. The lowest BCUT2D eigenvalue weighted by atomic mass is 10.2. The van der Waals surface area contributed by atoms with Crippen LogP contribution in [-0.2, 0) is 11.0 Å². The fraction of sp³-hybridized carbons (Fsp3) is 0.333. The molecule has 134 valence electrons. The maximum Gasteiger partial charge on any atom is 0.104 e. The summed E-state index contributed by atoms with van der Waals surface area (Å²) in [5, 5.41) is 1.36. The summed E-state index contributed by atoms with van der Waals surface area (Å²) in [4.78, 5) is 0. The summed E-state index contributed by atoms with van der Waals surface area (Å²) in [6.07, 6.45) is 4.33. The van der Waals surface area contributed by atoms with Gasteiger partial charge in [0.2, 0.25) is 0 Å². The third-order valence-electron chi connectivity index (χ3n) is 4.37. The molecule has 0 fully saturated rings. The molecule has 0 aliphatic rings. The van der Waals surface area contributed by atoms with Crippen molar-refractivity contribution < 1.29 is 4.21 Å². The zero-order valence-electron chi connectivity index (χ0n) is 15.8. The van der Waals surface area contributed by atoms with E-state index in [1.807, 2.05) is 45.0 Å². The minimum atomic E-state index is -1.90. The Hall–Kier alpha value is -1.49. The van der Waals surface area contributed by atoms with Crippen LogP contribution in [0.15, 0.2) is 66.7 Å². The molecule has 0 aromatic heterocycles. The van der Waals surface area contributed by atoms with Crippen LogP contribution >= 0.6 is 0 Å². The van der Waals surface area contributed by atoms with Crippen molar-refractivity contribution >= 4 is 30.3 Å². The molecule has 0 heterocycles. The Morgan fingerprint density at radius 2 is 1.48 bits per heavy atom. The van der Waals surface area contributed by atoms with E-state index in [-0.39, 0.29) is 10.4 Å². The number of hydrogen-bond acceptors (Lipinski definition) is 1. The molecule has 0 radical (unpaired) electrons. The Kier molecular flexibility index (Phi) is 6.55. The molecule has 2 atom stereocenters. The van der Waals surface area contributed by atoms with Crippen molar-refractivity contribution in [1.29, 1.82) is 0 Å². The van der Waals surface area contributed by atoms with E-state index in [0.29, 0.717) is 0 Å². The van der Waals surface area contributed by atoms with Gasteiger partial charge in [0.25, 0.3) is 0 Å². The van der Waals surface area contributed by atoms with Crippen molar-refractivity contribution in [3.05, 3.63) is 72.3 Å². The summed E-state index contributed by atoms with van der Waals surface area (Å²) >= 11 is 0. The lowest BCUT2D eigenvalue weighted by molar-refractivity contribution is 0.635. The molecule has 0 saturated carbocycles. The summed E-state index contributed by atoms with van der Waals surface area (Å²) in [5.41, 5.74) is 1.24. The Morgan fingerprint density at radius 3 is 2.00 bits per heavy atom. The summed E-state index contributed by atoms with van der Waals surface area (Å²) in [7, 11) is -3.01. The Bertz CT molecular complexity index is 721. The Balaban J connectivity index is 2.34. The van der Waals surface area contributed by atoms with Crippen LogP contribution in [0.1, 0.15) is 26.3 Å². The Morgan fingerprint density at radius 1 is 0.960 bits per heavy atom.